The molecule has 0 saturated heterocycles. The summed E-state index contributed by atoms with van der Waals surface area (Å²) < 4.78 is 0. The predicted molar refractivity (Wildman–Crippen MR) is 91.0 cm³/mol. The highest BCUT2D eigenvalue weighted by Gasteiger charge is 2.58. The predicted octanol–water partition coefficient (Wildman–Crippen LogP) is 4.46. The van der Waals surface area contributed by atoms with Gasteiger partial charge in [-0.05, 0) is 46.8 Å². The average molecular weight is 316 g/mol. The third kappa shape index (κ3) is 2.09. The molecule has 1 fully saturated rings. The van der Waals surface area contributed by atoms with Gasteiger partial charge in [0, 0.05) is 17.0 Å². The van der Waals surface area contributed by atoms with Crippen LogP contribution in [0.4, 0.5) is 0 Å². The van der Waals surface area contributed by atoms with E-state index in [1.54, 1.807) is 0 Å². The number of aromatic hydroxyl groups is 1. The number of carbonyl (C=O) groups excluding carboxylic acids is 1. The van der Waals surface area contributed by atoms with Crippen LogP contribution in [-0.2, 0) is 5.41 Å². The standard InChI is InChI=1S/C20H28O3/c1-11(2)13-9-12(10-21)15-14(16(13)22)17(23)18-19(3,4)7-6-8-20(15,18)5/h9-11,17-18,22-23H,6-8H2,1-5H3. The molecule has 2 aliphatic rings. The zero-order chi connectivity index (χ0) is 17.2. The molecule has 3 rings (SSSR count). The molecule has 3 nitrogen and oxygen atoms in total. The first-order valence-electron chi connectivity index (χ1n) is 8.68. The second-order valence-corrected chi connectivity index (χ2v) is 8.65. The van der Waals surface area contributed by atoms with Crippen molar-refractivity contribution in [2.75, 3.05) is 0 Å². The van der Waals surface area contributed by atoms with Crippen LogP contribution in [0.2, 0.25) is 0 Å². The van der Waals surface area contributed by atoms with Crippen LogP contribution in [0.3, 0.4) is 0 Å². The van der Waals surface area contributed by atoms with E-state index < -0.39 is 6.10 Å². The average Bonchev–Trinajstić information content (AvgIpc) is 2.69. The second kappa shape index (κ2) is 5.07. The lowest BCUT2D eigenvalue weighted by molar-refractivity contribution is -0.0278. The summed E-state index contributed by atoms with van der Waals surface area (Å²) in [5.74, 6) is 0.333. The van der Waals surface area contributed by atoms with Crippen LogP contribution in [0.1, 0.15) is 93.0 Å². The molecule has 0 radical (unpaired) electrons. The fourth-order valence-electron chi connectivity index (χ4n) is 5.50. The first kappa shape index (κ1) is 16.5. The highest BCUT2D eigenvalue weighted by Crippen LogP contribution is 2.64. The molecule has 1 aromatic rings. The fraction of sp³-hybridized carbons (Fsp3) is 0.650. The van der Waals surface area contributed by atoms with Gasteiger partial charge in [0.15, 0.2) is 0 Å². The Labute approximate surface area is 138 Å². The Morgan fingerprint density at radius 3 is 2.48 bits per heavy atom. The fourth-order valence-corrected chi connectivity index (χ4v) is 5.50. The molecular formula is C20H28O3. The summed E-state index contributed by atoms with van der Waals surface area (Å²) in [6.07, 6.45) is 3.28. The van der Waals surface area contributed by atoms with Crippen molar-refractivity contribution in [2.45, 2.75) is 71.3 Å². The number of hydrogen-bond donors (Lipinski definition) is 2. The molecule has 0 bridgehead atoms. The maximum absolute atomic E-state index is 11.8. The molecule has 1 saturated carbocycles. The molecule has 1 aromatic carbocycles. The van der Waals surface area contributed by atoms with E-state index >= 15 is 0 Å². The number of aldehydes is 1. The van der Waals surface area contributed by atoms with Gasteiger partial charge in [0.05, 0.1) is 6.10 Å². The van der Waals surface area contributed by atoms with E-state index in [2.05, 4.69) is 20.8 Å². The topological polar surface area (TPSA) is 57.5 Å². The van der Waals surface area contributed by atoms with Crippen molar-refractivity contribution in [3.05, 3.63) is 28.3 Å². The molecular weight excluding hydrogens is 288 g/mol. The smallest absolute Gasteiger partial charge is 0.150 e. The number of carbonyl (C=O) groups is 1. The largest absolute Gasteiger partial charge is 0.507 e. The number of phenolic OH excluding ortho intramolecular Hbond substituents is 1. The van der Waals surface area contributed by atoms with Crippen LogP contribution < -0.4 is 0 Å². The van der Waals surface area contributed by atoms with Gasteiger partial charge in [-0.2, -0.15) is 0 Å². The minimum absolute atomic E-state index is 0.0178. The Kier molecular flexibility index (Phi) is 3.64. The quantitative estimate of drug-likeness (QED) is 0.792. The third-order valence-corrected chi connectivity index (χ3v) is 6.37. The van der Waals surface area contributed by atoms with Crippen LogP contribution in [0.15, 0.2) is 6.07 Å². The van der Waals surface area contributed by atoms with Crippen molar-refractivity contribution in [1.82, 2.24) is 0 Å². The Morgan fingerprint density at radius 1 is 1.26 bits per heavy atom. The molecule has 126 valence electrons. The monoisotopic (exact) mass is 316 g/mol. The molecule has 3 atom stereocenters. The maximum atomic E-state index is 11.8. The number of hydrogen-bond acceptors (Lipinski definition) is 3. The number of benzene rings is 1. The summed E-state index contributed by atoms with van der Waals surface area (Å²) in [4.78, 5) is 11.8. The first-order chi connectivity index (χ1) is 10.6. The van der Waals surface area contributed by atoms with Crippen molar-refractivity contribution < 1.29 is 15.0 Å². The molecule has 0 spiro atoms. The second-order valence-electron chi connectivity index (χ2n) is 8.65. The third-order valence-electron chi connectivity index (χ3n) is 6.37. The van der Waals surface area contributed by atoms with E-state index in [-0.39, 0.29) is 28.4 Å². The molecule has 0 amide bonds. The van der Waals surface area contributed by atoms with Crippen LogP contribution in [0, 0.1) is 11.3 Å². The summed E-state index contributed by atoms with van der Waals surface area (Å²) in [7, 11) is 0. The minimum Gasteiger partial charge on any atom is -0.507 e. The zero-order valence-corrected chi connectivity index (χ0v) is 14.8. The number of fused-ring (bicyclic) bond motifs is 3. The highest BCUT2D eigenvalue weighted by molar-refractivity contribution is 5.82. The van der Waals surface area contributed by atoms with E-state index in [0.717, 1.165) is 36.7 Å². The summed E-state index contributed by atoms with van der Waals surface area (Å²) in [5, 5.41) is 21.9. The summed E-state index contributed by atoms with van der Waals surface area (Å²) in [5.41, 5.74) is 2.63. The van der Waals surface area contributed by atoms with Crippen LogP contribution in [0.5, 0.6) is 5.75 Å². The van der Waals surface area contributed by atoms with Gasteiger partial charge in [-0.15, -0.1) is 0 Å². The van der Waals surface area contributed by atoms with Crippen molar-refractivity contribution >= 4 is 6.29 Å². The number of rotatable bonds is 2. The number of phenols is 1. The zero-order valence-electron chi connectivity index (χ0n) is 14.8. The maximum Gasteiger partial charge on any atom is 0.150 e. The Hall–Kier alpha value is -1.35. The SMILES string of the molecule is CC(C)c1cc(C=O)c2c(c1O)C(O)C1C(C)(C)CCCC21C. The number of aliphatic hydroxyl groups excluding tert-OH is 1. The lowest BCUT2D eigenvalue weighted by atomic mass is 9.56. The molecule has 2 N–H and O–H groups in total. The Balaban J connectivity index is 2.33. The normalized spacial score (nSPS) is 31.8. The minimum atomic E-state index is -0.706. The van der Waals surface area contributed by atoms with Gasteiger partial charge in [0.2, 0.25) is 0 Å². The lowest BCUT2D eigenvalue weighted by Gasteiger charge is -2.48. The molecule has 0 aromatic heterocycles. The Bertz CT molecular complexity index is 659. The van der Waals surface area contributed by atoms with Gasteiger partial charge in [-0.1, -0.05) is 41.0 Å². The Morgan fingerprint density at radius 2 is 1.91 bits per heavy atom. The molecule has 3 unspecified atom stereocenters. The molecule has 0 heterocycles. The first-order valence-corrected chi connectivity index (χ1v) is 8.68. The van der Waals surface area contributed by atoms with E-state index in [0.29, 0.717) is 11.1 Å². The lowest BCUT2D eigenvalue weighted by Crippen LogP contribution is -2.44. The molecule has 3 heteroatoms. The van der Waals surface area contributed by atoms with Crippen LogP contribution >= 0.6 is 0 Å². The van der Waals surface area contributed by atoms with Crippen LogP contribution in [-0.4, -0.2) is 16.5 Å². The van der Waals surface area contributed by atoms with E-state index in [1.807, 2.05) is 19.9 Å². The van der Waals surface area contributed by atoms with Gasteiger partial charge in [0.1, 0.15) is 12.0 Å². The highest BCUT2D eigenvalue weighted by atomic mass is 16.3. The van der Waals surface area contributed by atoms with Gasteiger partial charge in [-0.3, -0.25) is 4.79 Å². The van der Waals surface area contributed by atoms with Crippen molar-refractivity contribution in [1.29, 1.82) is 0 Å². The van der Waals surface area contributed by atoms with Crippen molar-refractivity contribution in [2.24, 2.45) is 11.3 Å². The van der Waals surface area contributed by atoms with Gasteiger partial charge in [-0.25, -0.2) is 0 Å². The molecule has 23 heavy (non-hydrogen) atoms. The summed E-state index contributed by atoms with van der Waals surface area (Å²) in [6, 6.07) is 1.83. The van der Waals surface area contributed by atoms with Crippen LogP contribution in [0.25, 0.3) is 0 Å². The van der Waals surface area contributed by atoms with E-state index in [9.17, 15) is 15.0 Å². The summed E-state index contributed by atoms with van der Waals surface area (Å²) in [6.45, 7) is 10.6. The van der Waals surface area contributed by atoms with E-state index in [1.165, 1.54) is 0 Å². The van der Waals surface area contributed by atoms with Gasteiger partial charge in [0.25, 0.3) is 0 Å². The van der Waals surface area contributed by atoms with Crippen molar-refractivity contribution in [3.63, 3.8) is 0 Å². The van der Waals surface area contributed by atoms with Gasteiger partial charge < -0.3 is 10.2 Å². The van der Waals surface area contributed by atoms with Crippen molar-refractivity contribution in [3.8, 4) is 5.75 Å². The summed E-state index contributed by atoms with van der Waals surface area (Å²) >= 11 is 0. The van der Waals surface area contributed by atoms with Gasteiger partial charge >= 0.3 is 0 Å². The van der Waals surface area contributed by atoms with E-state index in [4.69, 9.17) is 0 Å². The molecule has 2 aliphatic carbocycles. The molecule has 0 aliphatic heterocycles. The number of aliphatic hydroxyl groups is 1.